The third-order valence-electron chi connectivity index (χ3n) is 3.01. The lowest BCUT2D eigenvalue weighted by Gasteiger charge is -2.12. The fourth-order valence-electron chi connectivity index (χ4n) is 1.94. The summed E-state index contributed by atoms with van der Waals surface area (Å²) in [6.07, 6.45) is 0.767. The van der Waals surface area contributed by atoms with E-state index in [0.717, 1.165) is 11.8 Å². The summed E-state index contributed by atoms with van der Waals surface area (Å²) >= 11 is 0. The van der Waals surface area contributed by atoms with Crippen LogP contribution in [0.1, 0.15) is 22.8 Å². The number of benzene rings is 2. The van der Waals surface area contributed by atoms with Crippen LogP contribution in [-0.2, 0) is 16.1 Å². The first-order valence-corrected chi connectivity index (χ1v) is 7.27. The van der Waals surface area contributed by atoms with E-state index in [1.54, 1.807) is 37.3 Å². The number of esters is 1. The molecular formula is C18H18O5. The van der Waals surface area contributed by atoms with Gasteiger partial charge in [0.15, 0.2) is 6.61 Å². The van der Waals surface area contributed by atoms with Crippen LogP contribution in [0.3, 0.4) is 0 Å². The monoisotopic (exact) mass is 314 g/mol. The van der Waals surface area contributed by atoms with Gasteiger partial charge in [0.1, 0.15) is 24.4 Å². The van der Waals surface area contributed by atoms with E-state index in [0.29, 0.717) is 23.7 Å². The molecule has 0 radical (unpaired) electrons. The first kappa shape index (κ1) is 16.5. The highest BCUT2D eigenvalue weighted by molar-refractivity contribution is 5.75. The molecule has 0 spiro atoms. The Kier molecular flexibility index (Phi) is 6.17. The smallest absolute Gasteiger partial charge is 0.344 e. The van der Waals surface area contributed by atoms with E-state index in [1.807, 2.05) is 18.2 Å². The zero-order chi connectivity index (χ0) is 16.5. The third-order valence-corrected chi connectivity index (χ3v) is 3.01. The first-order valence-electron chi connectivity index (χ1n) is 7.27. The van der Waals surface area contributed by atoms with E-state index in [9.17, 15) is 9.59 Å². The van der Waals surface area contributed by atoms with Gasteiger partial charge in [-0.2, -0.15) is 0 Å². The topological polar surface area (TPSA) is 61.8 Å². The summed E-state index contributed by atoms with van der Waals surface area (Å²) in [7, 11) is 0. The van der Waals surface area contributed by atoms with Crippen molar-refractivity contribution in [2.24, 2.45) is 0 Å². The van der Waals surface area contributed by atoms with Crippen molar-refractivity contribution < 1.29 is 23.8 Å². The average molecular weight is 314 g/mol. The van der Waals surface area contributed by atoms with E-state index in [-0.39, 0.29) is 13.2 Å². The molecule has 0 N–H and O–H groups in total. The molecule has 5 nitrogen and oxygen atoms in total. The summed E-state index contributed by atoms with van der Waals surface area (Å²) < 4.78 is 16.0. The van der Waals surface area contributed by atoms with Gasteiger partial charge in [0.2, 0.25) is 0 Å². The summed E-state index contributed by atoms with van der Waals surface area (Å²) in [6.45, 7) is 2.18. The Morgan fingerprint density at radius 1 is 1.09 bits per heavy atom. The fourth-order valence-corrected chi connectivity index (χ4v) is 1.94. The molecule has 5 heteroatoms. The van der Waals surface area contributed by atoms with E-state index >= 15 is 0 Å². The molecule has 0 heterocycles. The maximum atomic E-state index is 11.4. The normalized spacial score (nSPS) is 9.96. The van der Waals surface area contributed by atoms with Crippen molar-refractivity contribution >= 4 is 12.3 Å². The third kappa shape index (κ3) is 5.14. The van der Waals surface area contributed by atoms with Crippen LogP contribution in [0.2, 0.25) is 0 Å². The Balaban J connectivity index is 1.99. The van der Waals surface area contributed by atoms with Gasteiger partial charge in [-0.1, -0.05) is 30.3 Å². The Morgan fingerprint density at radius 2 is 1.91 bits per heavy atom. The van der Waals surface area contributed by atoms with Crippen molar-refractivity contribution in [3.63, 3.8) is 0 Å². The fraction of sp³-hybridized carbons (Fsp3) is 0.222. The molecule has 2 rings (SSSR count). The van der Waals surface area contributed by atoms with Gasteiger partial charge in [-0.25, -0.2) is 4.79 Å². The Bertz CT molecular complexity index is 666. The molecule has 0 unspecified atom stereocenters. The summed E-state index contributed by atoms with van der Waals surface area (Å²) in [4.78, 5) is 22.1. The lowest BCUT2D eigenvalue weighted by molar-refractivity contribution is -0.145. The standard InChI is InChI=1S/C18H18O5/c1-2-21-18(20)13-23-17-9-4-3-7-15(17)12-22-16-8-5-6-14(10-16)11-19/h3-11H,2,12-13H2,1H3. The Hall–Kier alpha value is -2.82. The van der Waals surface area contributed by atoms with E-state index in [2.05, 4.69) is 0 Å². The average Bonchev–Trinajstić information content (AvgIpc) is 2.59. The van der Waals surface area contributed by atoms with Crippen LogP contribution in [0.4, 0.5) is 0 Å². The number of ether oxygens (including phenoxy) is 3. The molecule has 2 aromatic carbocycles. The van der Waals surface area contributed by atoms with E-state index in [1.165, 1.54) is 0 Å². The molecule has 0 atom stereocenters. The highest BCUT2D eigenvalue weighted by Gasteiger charge is 2.08. The van der Waals surface area contributed by atoms with Crippen LogP contribution in [0.15, 0.2) is 48.5 Å². The quantitative estimate of drug-likeness (QED) is 0.553. The van der Waals surface area contributed by atoms with Crippen LogP contribution in [-0.4, -0.2) is 25.5 Å². The number of rotatable bonds is 8. The highest BCUT2D eigenvalue weighted by atomic mass is 16.6. The predicted molar refractivity (Wildman–Crippen MR) is 84.7 cm³/mol. The Labute approximate surface area is 134 Å². The molecule has 0 bridgehead atoms. The SMILES string of the molecule is CCOC(=O)COc1ccccc1COc1cccc(C=O)c1. The van der Waals surface area contributed by atoms with E-state index in [4.69, 9.17) is 14.2 Å². The van der Waals surface area contributed by atoms with Crippen LogP contribution in [0, 0.1) is 0 Å². The maximum Gasteiger partial charge on any atom is 0.344 e. The molecule has 0 saturated heterocycles. The van der Waals surface area contributed by atoms with Crippen molar-refractivity contribution in [2.45, 2.75) is 13.5 Å². The predicted octanol–water partition coefficient (Wildman–Crippen LogP) is 3.02. The van der Waals surface area contributed by atoms with Crippen LogP contribution >= 0.6 is 0 Å². The molecule has 0 fully saturated rings. The van der Waals surface area contributed by atoms with Gasteiger partial charge >= 0.3 is 5.97 Å². The molecule has 0 amide bonds. The molecule has 0 aliphatic carbocycles. The zero-order valence-electron chi connectivity index (χ0n) is 12.9. The second-order valence-corrected chi connectivity index (χ2v) is 4.68. The van der Waals surface area contributed by atoms with E-state index < -0.39 is 5.97 Å². The van der Waals surface area contributed by atoms with Gasteiger partial charge in [-0.05, 0) is 25.1 Å². The Morgan fingerprint density at radius 3 is 2.70 bits per heavy atom. The van der Waals surface area contributed by atoms with Gasteiger partial charge in [-0.15, -0.1) is 0 Å². The van der Waals surface area contributed by atoms with Crippen LogP contribution < -0.4 is 9.47 Å². The minimum absolute atomic E-state index is 0.147. The number of carbonyl (C=O) groups excluding carboxylic acids is 2. The summed E-state index contributed by atoms with van der Waals surface area (Å²) in [5.74, 6) is 0.740. The zero-order valence-corrected chi connectivity index (χ0v) is 12.9. The van der Waals surface area contributed by atoms with Gasteiger partial charge < -0.3 is 14.2 Å². The minimum atomic E-state index is -0.415. The molecule has 23 heavy (non-hydrogen) atoms. The number of carbonyl (C=O) groups is 2. The van der Waals surface area contributed by atoms with Gasteiger partial charge in [0, 0.05) is 11.1 Å². The molecule has 0 aliphatic heterocycles. The highest BCUT2D eigenvalue weighted by Crippen LogP contribution is 2.21. The van der Waals surface area contributed by atoms with Crippen molar-refractivity contribution in [3.05, 3.63) is 59.7 Å². The first-order chi connectivity index (χ1) is 11.2. The largest absolute Gasteiger partial charge is 0.489 e. The maximum absolute atomic E-state index is 11.4. The molecular weight excluding hydrogens is 296 g/mol. The van der Waals surface area contributed by atoms with Crippen molar-refractivity contribution in [1.29, 1.82) is 0 Å². The number of aldehydes is 1. The number of hydrogen-bond acceptors (Lipinski definition) is 5. The molecule has 0 saturated carbocycles. The molecule has 0 aromatic heterocycles. The second-order valence-electron chi connectivity index (χ2n) is 4.68. The lowest BCUT2D eigenvalue weighted by Crippen LogP contribution is -2.15. The van der Waals surface area contributed by atoms with Crippen molar-refractivity contribution in [1.82, 2.24) is 0 Å². The second kappa shape index (κ2) is 8.58. The molecule has 2 aromatic rings. The summed E-state index contributed by atoms with van der Waals surface area (Å²) in [5.41, 5.74) is 1.35. The van der Waals surface area contributed by atoms with Crippen molar-refractivity contribution in [3.8, 4) is 11.5 Å². The van der Waals surface area contributed by atoms with Crippen LogP contribution in [0.25, 0.3) is 0 Å². The number of para-hydroxylation sites is 1. The molecule has 120 valence electrons. The van der Waals surface area contributed by atoms with Gasteiger partial charge in [-0.3, -0.25) is 4.79 Å². The minimum Gasteiger partial charge on any atom is -0.489 e. The lowest BCUT2D eigenvalue weighted by atomic mass is 10.2. The molecule has 0 aliphatic rings. The van der Waals surface area contributed by atoms with Gasteiger partial charge in [0.05, 0.1) is 6.61 Å². The summed E-state index contributed by atoms with van der Waals surface area (Å²) in [5, 5.41) is 0. The van der Waals surface area contributed by atoms with Crippen LogP contribution in [0.5, 0.6) is 11.5 Å². The number of hydrogen-bond donors (Lipinski definition) is 0. The van der Waals surface area contributed by atoms with Crippen molar-refractivity contribution in [2.75, 3.05) is 13.2 Å². The summed E-state index contributed by atoms with van der Waals surface area (Å²) in [6, 6.07) is 14.2. The van der Waals surface area contributed by atoms with Gasteiger partial charge in [0.25, 0.3) is 0 Å².